The smallest absolute Gasteiger partial charge is 0.262 e. The zero-order valence-electron chi connectivity index (χ0n) is 3.39. The molecule has 0 atom stereocenters. The first-order valence-electron chi connectivity index (χ1n) is 1.35. The first kappa shape index (κ1) is 10.2. The van der Waals surface area contributed by atoms with Gasteiger partial charge in [0.15, 0.2) is 0 Å². The highest BCUT2D eigenvalue weighted by Crippen LogP contribution is 1.41. The maximum absolute atomic E-state index is 3.54. The molecule has 0 fully saturated rings. The molecule has 1 heterocycles. The average Bonchev–Trinajstić information content (AvgIpc) is 1.76. The second-order valence-corrected chi connectivity index (χ2v) is 0.698. The number of aromatic nitrogens is 3. The molecule has 0 aliphatic carbocycles. The van der Waals surface area contributed by atoms with E-state index < -0.39 is 0 Å². The van der Waals surface area contributed by atoms with Crippen LogP contribution in [0.5, 0.6) is 0 Å². The molecule has 0 spiro atoms. The molecule has 3 nitrogen and oxygen atoms in total. The molecule has 0 aliphatic rings. The fourth-order valence-electron chi connectivity index (χ4n) is 0.186. The fraction of sp³-hybridized carbons (Fsp3) is 0. The second kappa shape index (κ2) is 6.10. The third-order valence-corrected chi connectivity index (χ3v) is 0.362. The number of H-pyrrole nitrogens is 2. The number of nitrogens with zero attached hydrogens (tertiary/aromatic N) is 1. The van der Waals surface area contributed by atoms with Crippen LogP contribution in [0, 0.1) is 0 Å². The van der Waals surface area contributed by atoms with Crippen molar-refractivity contribution in [2.75, 3.05) is 0 Å². The Bertz CT molecular complexity index is 67.4. The predicted octanol–water partition coefficient (Wildman–Crippen LogP) is -3.19. The van der Waals surface area contributed by atoms with Crippen molar-refractivity contribution in [1.82, 2.24) is 10.2 Å². The van der Waals surface area contributed by atoms with Gasteiger partial charge in [-0.05, 0) is 0 Å². The van der Waals surface area contributed by atoms with E-state index in [4.69, 9.17) is 0 Å². The molecule has 7 heavy (non-hydrogen) atoms. The summed E-state index contributed by atoms with van der Waals surface area (Å²) in [5.41, 5.74) is 0. The third kappa shape index (κ3) is 3.94. The third-order valence-electron chi connectivity index (χ3n) is 0.362. The van der Waals surface area contributed by atoms with Gasteiger partial charge >= 0.3 is 0 Å². The Labute approximate surface area is 62.1 Å². The standard InChI is InChI=1S/C2H3N3.2BrH/c1-3-2-5-4-1;;/h1-2H,(H,3,4,5);2*1H. The molecule has 0 radical (unpaired) electrons. The van der Waals surface area contributed by atoms with E-state index in [2.05, 4.69) is 15.2 Å². The van der Waals surface area contributed by atoms with Gasteiger partial charge in [-0.25, -0.2) is 0 Å². The number of hydrogen-bond acceptors (Lipinski definition) is 1. The van der Waals surface area contributed by atoms with E-state index in [1.54, 1.807) is 12.7 Å². The summed E-state index contributed by atoms with van der Waals surface area (Å²) in [6.45, 7) is 0. The SMILES string of the molecule is Br.[Br-].c1n[nH]c[nH+]1. The fourth-order valence-corrected chi connectivity index (χ4v) is 0.186. The van der Waals surface area contributed by atoms with Crippen LogP contribution in [0.1, 0.15) is 0 Å². The maximum atomic E-state index is 3.54. The molecule has 0 saturated carbocycles. The van der Waals surface area contributed by atoms with Gasteiger partial charge in [0.05, 0.1) is 0 Å². The Morgan fingerprint density at radius 2 is 2.29 bits per heavy atom. The molecule has 0 aliphatic heterocycles. The van der Waals surface area contributed by atoms with Gasteiger partial charge in [-0.15, -0.1) is 22.1 Å². The van der Waals surface area contributed by atoms with Crippen LogP contribution in [0.4, 0.5) is 0 Å². The highest BCUT2D eigenvalue weighted by molar-refractivity contribution is 8.93. The lowest BCUT2D eigenvalue weighted by molar-refractivity contribution is -0.377. The van der Waals surface area contributed by atoms with Gasteiger partial charge in [0.1, 0.15) is 0 Å². The van der Waals surface area contributed by atoms with Crippen LogP contribution in [-0.4, -0.2) is 10.2 Å². The Balaban J connectivity index is 0. The van der Waals surface area contributed by atoms with Gasteiger partial charge in [0, 0.05) is 5.10 Å². The molecule has 5 heteroatoms. The lowest BCUT2D eigenvalue weighted by Gasteiger charge is -1.34. The van der Waals surface area contributed by atoms with Gasteiger partial charge in [-0.3, -0.25) is 4.98 Å². The number of aromatic amines is 2. The topological polar surface area (TPSA) is 42.8 Å². The van der Waals surface area contributed by atoms with Crippen molar-refractivity contribution in [3.63, 3.8) is 0 Å². The Morgan fingerprint density at radius 1 is 1.57 bits per heavy atom. The van der Waals surface area contributed by atoms with E-state index in [9.17, 15) is 0 Å². The van der Waals surface area contributed by atoms with Crippen molar-refractivity contribution < 1.29 is 22.0 Å². The average molecular weight is 231 g/mol. The molecule has 0 saturated heterocycles. The molecular weight excluding hydrogens is 226 g/mol. The summed E-state index contributed by atoms with van der Waals surface area (Å²) in [5, 5.41) is 6.10. The second-order valence-electron chi connectivity index (χ2n) is 0.698. The molecular formula is C2H5Br2N3. The summed E-state index contributed by atoms with van der Waals surface area (Å²) in [6.07, 6.45) is 3.21. The van der Waals surface area contributed by atoms with E-state index in [1.807, 2.05) is 0 Å². The number of nitrogens with one attached hydrogen (secondary N) is 2. The molecule has 0 unspecified atom stereocenters. The Kier molecular flexibility index (Phi) is 8.85. The first-order valence-corrected chi connectivity index (χ1v) is 1.35. The minimum Gasteiger partial charge on any atom is -1.00 e. The van der Waals surface area contributed by atoms with Gasteiger partial charge in [0.2, 0.25) is 6.33 Å². The molecule has 42 valence electrons. The predicted molar refractivity (Wildman–Crippen MR) is 25.5 cm³/mol. The van der Waals surface area contributed by atoms with Gasteiger partial charge < -0.3 is 17.0 Å². The molecule has 1 aromatic heterocycles. The molecule has 0 aromatic carbocycles. The normalized spacial score (nSPS) is 5.71. The number of halogens is 2. The van der Waals surface area contributed by atoms with E-state index in [1.165, 1.54) is 0 Å². The molecule has 0 bridgehead atoms. The summed E-state index contributed by atoms with van der Waals surface area (Å²) in [5.74, 6) is 0. The molecule has 1 aromatic rings. The van der Waals surface area contributed by atoms with Gasteiger partial charge in [0.25, 0.3) is 6.33 Å². The Hall–Kier alpha value is 0.1000. The lowest BCUT2D eigenvalue weighted by Crippen LogP contribution is -3.00. The van der Waals surface area contributed by atoms with Crippen molar-refractivity contribution in [2.45, 2.75) is 0 Å². The van der Waals surface area contributed by atoms with E-state index in [0.717, 1.165) is 0 Å². The van der Waals surface area contributed by atoms with Crippen LogP contribution in [0.2, 0.25) is 0 Å². The highest BCUT2D eigenvalue weighted by Gasteiger charge is 1.68. The summed E-state index contributed by atoms with van der Waals surface area (Å²) in [6, 6.07) is 0. The van der Waals surface area contributed by atoms with Crippen LogP contribution in [0.25, 0.3) is 0 Å². The summed E-state index contributed by atoms with van der Waals surface area (Å²) in [4.78, 5) is 2.69. The van der Waals surface area contributed by atoms with Crippen molar-refractivity contribution in [3.05, 3.63) is 12.7 Å². The summed E-state index contributed by atoms with van der Waals surface area (Å²) < 4.78 is 0. The van der Waals surface area contributed by atoms with Crippen molar-refractivity contribution in [1.29, 1.82) is 0 Å². The zero-order chi connectivity index (χ0) is 3.54. The number of hydrogen-bond donors (Lipinski definition) is 1. The van der Waals surface area contributed by atoms with E-state index in [0.29, 0.717) is 0 Å². The van der Waals surface area contributed by atoms with Crippen LogP contribution < -0.4 is 22.0 Å². The van der Waals surface area contributed by atoms with E-state index >= 15 is 0 Å². The number of rotatable bonds is 0. The minimum atomic E-state index is 0. The van der Waals surface area contributed by atoms with Crippen molar-refractivity contribution in [2.24, 2.45) is 0 Å². The van der Waals surface area contributed by atoms with Crippen LogP contribution >= 0.6 is 17.0 Å². The van der Waals surface area contributed by atoms with Gasteiger partial charge in [-0.1, -0.05) is 0 Å². The van der Waals surface area contributed by atoms with Crippen molar-refractivity contribution in [3.8, 4) is 0 Å². The molecule has 2 N–H and O–H groups in total. The van der Waals surface area contributed by atoms with E-state index in [-0.39, 0.29) is 34.0 Å². The first-order chi connectivity index (χ1) is 2.50. The molecule has 0 amide bonds. The van der Waals surface area contributed by atoms with Gasteiger partial charge in [-0.2, -0.15) is 0 Å². The quantitative estimate of drug-likeness (QED) is 0.502. The monoisotopic (exact) mass is 229 g/mol. The van der Waals surface area contributed by atoms with Crippen LogP contribution in [0.15, 0.2) is 12.7 Å². The summed E-state index contributed by atoms with van der Waals surface area (Å²) in [7, 11) is 0. The Morgan fingerprint density at radius 3 is 2.43 bits per heavy atom. The summed E-state index contributed by atoms with van der Waals surface area (Å²) >= 11 is 0. The van der Waals surface area contributed by atoms with Crippen LogP contribution in [-0.2, 0) is 0 Å². The van der Waals surface area contributed by atoms with Crippen LogP contribution in [0.3, 0.4) is 0 Å². The minimum absolute atomic E-state index is 0. The zero-order valence-corrected chi connectivity index (χ0v) is 6.69. The molecule has 1 rings (SSSR count). The van der Waals surface area contributed by atoms with Crippen molar-refractivity contribution >= 4 is 17.0 Å². The highest BCUT2D eigenvalue weighted by atomic mass is 79.9. The maximum Gasteiger partial charge on any atom is 0.262 e. The largest absolute Gasteiger partial charge is 1.00 e. The lowest BCUT2D eigenvalue weighted by atomic mass is 11.3.